The summed E-state index contributed by atoms with van der Waals surface area (Å²) in [6, 6.07) is 21.2. The summed E-state index contributed by atoms with van der Waals surface area (Å²) in [5.41, 5.74) is 2.64. The number of rotatable bonds is 8. The Labute approximate surface area is 159 Å². The van der Waals surface area contributed by atoms with Crippen LogP contribution in [-0.2, 0) is 11.2 Å². The van der Waals surface area contributed by atoms with Gasteiger partial charge >= 0.3 is 0 Å². The van der Waals surface area contributed by atoms with Crippen molar-refractivity contribution in [2.45, 2.75) is 12.8 Å². The summed E-state index contributed by atoms with van der Waals surface area (Å²) >= 11 is 0. The molecule has 0 saturated heterocycles. The number of hydrogen-bond acceptors (Lipinski definition) is 3. The molecule has 0 atom stereocenters. The second-order valence-electron chi connectivity index (χ2n) is 6.15. The molecule has 0 radical (unpaired) electrons. The smallest absolute Gasteiger partial charge is 0.252 e. The van der Waals surface area contributed by atoms with Gasteiger partial charge in [0.25, 0.3) is 5.91 Å². The summed E-state index contributed by atoms with van der Waals surface area (Å²) in [5, 5.41) is 3.01. The van der Waals surface area contributed by atoms with E-state index in [0.29, 0.717) is 17.9 Å². The van der Waals surface area contributed by atoms with Gasteiger partial charge in [-0.15, -0.1) is 0 Å². The molecule has 0 spiro atoms. The van der Waals surface area contributed by atoms with Gasteiger partial charge in [0.15, 0.2) is 0 Å². The average molecular weight is 361 g/mol. The molecule has 4 nitrogen and oxygen atoms in total. The molecule has 3 rings (SSSR count). The maximum absolute atomic E-state index is 12.7. The number of aryl methyl sites for hydroxylation is 1. The Hall–Kier alpha value is -3.27. The minimum atomic E-state index is -0.108. The molecule has 1 N–H and O–H groups in total. The highest BCUT2D eigenvalue weighted by Gasteiger charge is 2.12. The molecule has 0 fully saturated rings. The number of hydrogen-bond donors (Lipinski definition) is 1. The maximum Gasteiger partial charge on any atom is 0.252 e. The number of benzene rings is 2. The minimum Gasteiger partial charge on any atom is -0.497 e. The molecule has 2 aromatic carbocycles. The lowest BCUT2D eigenvalue weighted by atomic mass is 10.0. The van der Waals surface area contributed by atoms with Crippen LogP contribution in [0.4, 0.5) is 0 Å². The summed E-state index contributed by atoms with van der Waals surface area (Å²) in [6.45, 7) is 0.596. The topological polar surface area (TPSA) is 51.5 Å². The molecule has 0 saturated carbocycles. The van der Waals surface area contributed by atoms with Gasteiger partial charge in [0.05, 0.1) is 18.9 Å². The van der Waals surface area contributed by atoms with Gasteiger partial charge in [-0.3, -0.25) is 4.79 Å². The monoisotopic (exact) mass is 361 g/mol. The van der Waals surface area contributed by atoms with Gasteiger partial charge in [-0.1, -0.05) is 42.5 Å². The molecule has 1 heterocycles. The molecular weight excluding hydrogens is 338 g/mol. The van der Waals surface area contributed by atoms with Crippen LogP contribution >= 0.6 is 0 Å². The van der Waals surface area contributed by atoms with Crippen molar-refractivity contribution >= 4 is 17.6 Å². The lowest BCUT2D eigenvalue weighted by molar-refractivity contribution is -0.115. The molecule has 1 amide bonds. The Morgan fingerprint density at radius 3 is 2.67 bits per heavy atom. The van der Waals surface area contributed by atoms with Crippen molar-refractivity contribution in [3.63, 3.8) is 0 Å². The largest absolute Gasteiger partial charge is 0.497 e. The average Bonchev–Trinajstić information content (AvgIpc) is 3.23. The highest BCUT2D eigenvalue weighted by atomic mass is 16.5. The SMILES string of the molecule is COc1cccc(CCCNC(=O)/C(=C/c2ccco2)c2ccccc2)c1. The zero-order valence-electron chi connectivity index (χ0n) is 15.4. The van der Waals surface area contributed by atoms with E-state index in [1.54, 1.807) is 25.5 Å². The molecule has 4 heteroatoms. The third-order valence-electron chi connectivity index (χ3n) is 4.22. The van der Waals surface area contributed by atoms with E-state index in [1.807, 2.05) is 54.6 Å². The summed E-state index contributed by atoms with van der Waals surface area (Å²) in [4.78, 5) is 12.7. The first kappa shape index (κ1) is 18.5. The molecule has 0 bridgehead atoms. The van der Waals surface area contributed by atoms with Crippen LogP contribution in [-0.4, -0.2) is 19.6 Å². The van der Waals surface area contributed by atoms with Crippen LogP contribution in [0.1, 0.15) is 23.3 Å². The van der Waals surface area contributed by atoms with E-state index < -0.39 is 0 Å². The van der Waals surface area contributed by atoms with Crippen molar-refractivity contribution in [3.05, 3.63) is 89.9 Å². The van der Waals surface area contributed by atoms with E-state index >= 15 is 0 Å². The fourth-order valence-electron chi connectivity index (χ4n) is 2.83. The molecular formula is C23H23NO3. The molecule has 3 aromatic rings. The van der Waals surface area contributed by atoms with Gasteiger partial charge in [0.2, 0.25) is 0 Å². The first-order valence-electron chi connectivity index (χ1n) is 8.98. The van der Waals surface area contributed by atoms with E-state index in [-0.39, 0.29) is 5.91 Å². The zero-order valence-corrected chi connectivity index (χ0v) is 15.4. The van der Waals surface area contributed by atoms with E-state index in [9.17, 15) is 4.79 Å². The summed E-state index contributed by atoms with van der Waals surface area (Å²) in [5.74, 6) is 1.40. The van der Waals surface area contributed by atoms with Crippen molar-refractivity contribution in [2.24, 2.45) is 0 Å². The van der Waals surface area contributed by atoms with Crippen molar-refractivity contribution in [2.75, 3.05) is 13.7 Å². The lowest BCUT2D eigenvalue weighted by Crippen LogP contribution is -2.25. The number of furan rings is 1. The number of ether oxygens (including phenoxy) is 1. The third-order valence-corrected chi connectivity index (χ3v) is 4.22. The first-order valence-corrected chi connectivity index (χ1v) is 8.98. The van der Waals surface area contributed by atoms with Crippen LogP contribution in [0.3, 0.4) is 0 Å². The fourth-order valence-corrected chi connectivity index (χ4v) is 2.83. The number of carbonyl (C=O) groups excluding carboxylic acids is 1. The van der Waals surface area contributed by atoms with E-state index in [4.69, 9.17) is 9.15 Å². The number of carbonyl (C=O) groups is 1. The summed E-state index contributed by atoms with van der Waals surface area (Å²) in [7, 11) is 1.66. The zero-order chi connectivity index (χ0) is 18.9. The second kappa shape index (κ2) is 9.43. The summed E-state index contributed by atoms with van der Waals surface area (Å²) in [6.07, 6.45) is 5.09. The van der Waals surface area contributed by atoms with Crippen molar-refractivity contribution < 1.29 is 13.9 Å². The van der Waals surface area contributed by atoms with E-state index in [2.05, 4.69) is 11.4 Å². The highest BCUT2D eigenvalue weighted by Crippen LogP contribution is 2.19. The van der Waals surface area contributed by atoms with Gasteiger partial charge in [0.1, 0.15) is 11.5 Å². The minimum absolute atomic E-state index is 0.108. The number of amides is 1. The molecule has 138 valence electrons. The Bertz CT molecular complexity index is 883. The van der Waals surface area contributed by atoms with Crippen molar-refractivity contribution in [1.82, 2.24) is 5.32 Å². The molecule has 0 aliphatic carbocycles. The predicted octanol–water partition coefficient (Wildman–Crippen LogP) is 4.58. The van der Waals surface area contributed by atoms with Gasteiger partial charge in [0, 0.05) is 6.54 Å². The Morgan fingerprint density at radius 2 is 1.93 bits per heavy atom. The van der Waals surface area contributed by atoms with E-state index in [0.717, 1.165) is 24.2 Å². The van der Waals surface area contributed by atoms with E-state index in [1.165, 1.54) is 5.56 Å². The predicted molar refractivity (Wildman–Crippen MR) is 107 cm³/mol. The molecule has 0 unspecified atom stereocenters. The molecule has 1 aromatic heterocycles. The fraction of sp³-hybridized carbons (Fsp3) is 0.174. The number of nitrogens with one attached hydrogen (secondary N) is 1. The summed E-state index contributed by atoms with van der Waals surface area (Å²) < 4.78 is 10.6. The van der Waals surface area contributed by atoms with Crippen LogP contribution in [0.15, 0.2) is 77.4 Å². The van der Waals surface area contributed by atoms with Crippen LogP contribution in [0.25, 0.3) is 11.6 Å². The number of methoxy groups -OCH3 is 1. The van der Waals surface area contributed by atoms with Gasteiger partial charge in [-0.2, -0.15) is 0 Å². The van der Waals surface area contributed by atoms with Crippen LogP contribution in [0.2, 0.25) is 0 Å². The van der Waals surface area contributed by atoms with Crippen molar-refractivity contribution in [1.29, 1.82) is 0 Å². The standard InChI is InChI=1S/C23H23NO3/c1-26-20-12-5-8-18(16-20)9-6-14-24-23(25)22(17-21-13-7-15-27-21)19-10-3-2-4-11-19/h2-5,7-8,10-13,15-17H,6,9,14H2,1H3,(H,24,25)/b22-17+. The lowest BCUT2D eigenvalue weighted by Gasteiger charge is -2.10. The Balaban J connectivity index is 1.61. The Morgan fingerprint density at radius 1 is 1.07 bits per heavy atom. The van der Waals surface area contributed by atoms with Gasteiger partial charge in [-0.05, 0) is 54.3 Å². The quantitative estimate of drug-likeness (QED) is 0.472. The molecule has 27 heavy (non-hydrogen) atoms. The molecule has 0 aliphatic heterocycles. The van der Waals surface area contributed by atoms with Crippen LogP contribution in [0, 0.1) is 0 Å². The second-order valence-corrected chi connectivity index (χ2v) is 6.15. The van der Waals surface area contributed by atoms with Crippen LogP contribution < -0.4 is 10.1 Å². The van der Waals surface area contributed by atoms with Gasteiger partial charge in [-0.25, -0.2) is 0 Å². The third kappa shape index (κ3) is 5.35. The van der Waals surface area contributed by atoms with Gasteiger partial charge < -0.3 is 14.5 Å². The molecule has 0 aliphatic rings. The first-order chi connectivity index (χ1) is 13.3. The van der Waals surface area contributed by atoms with Crippen molar-refractivity contribution in [3.8, 4) is 5.75 Å². The maximum atomic E-state index is 12.7. The Kier molecular flexibility index (Phi) is 6.47. The highest BCUT2D eigenvalue weighted by molar-refractivity contribution is 6.24. The normalized spacial score (nSPS) is 11.2. The van der Waals surface area contributed by atoms with Crippen LogP contribution in [0.5, 0.6) is 5.75 Å².